The van der Waals surface area contributed by atoms with Crippen LogP contribution < -0.4 is 0 Å². The van der Waals surface area contributed by atoms with E-state index < -0.39 is 12.0 Å². The monoisotopic (exact) mass is 308 g/mol. The average Bonchev–Trinajstić information content (AvgIpc) is 2.89. The largest absolute Gasteiger partial charge is 0.386 e. The first-order chi connectivity index (χ1) is 10.2. The van der Waals surface area contributed by atoms with Crippen LogP contribution in [0.5, 0.6) is 0 Å². The average molecular weight is 309 g/mol. The first-order valence-electron chi connectivity index (χ1n) is 7.00. The topological polar surface area (TPSA) is 51.1 Å². The number of carbonyl (C=O) groups is 1. The van der Waals surface area contributed by atoms with Gasteiger partial charge in [0.1, 0.15) is 5.92 Å². The van der Waals surface area contributed by atoms with Gasteiger partial charge in [0, 0.05) is 23.7 Å². The molecule has 1 fully saturated rings. The molecule has 2 aliphatic heterocycles. The Morgan fingerprint density at radius 3 is 2.76 bits per heavy atom. The van der Waals surface area contributed by atoms with Gasteiger partial charge >= 0.3 is 0 Å². The fraction of sp³-hybridized carbons (Fsp3) is 0.467. The molecule has 1 saturated heterocycles. The van der Waals surface area contributed by atoms with Crippen molar-refractivity contribution in [2.24, 2.45) is 11.1 Å². The van der Waals surface area contributed by atoms with Crippen LogP contribution in [0.4, 0.5) is 0 Å². The van der Waals surface area contributed by atoms with Crippen molar-refractivity contribution in [1.82, 2.24) is 4.90 Å². The van der Waals surface area contributed by atoms with Crippen molar-refractivity contribution in [1.29, 1.82) is 0 Å². The highest BCUT2D eigenvalue weighted by Crippen LogP contribution is 2.37. The smallest absolute Gasteiger partial charge is 0.235 e. The summed E-state index contributed by atoms with van der Waals surface area (Å²) in [6.07, 6.45) is -0.450. The van der Waals surface area contributed by atoms with Crippen LogP contribution in [0.1, 0.15) is 18.6 Å². The number of hydrogen-bond acceptors (Lipinski definition) is 4. The predicted octanol–water partition coefficient (Wildman–Crippen LogP) is 2.26. The maximum atomic E-state index is 12.8. The van der Waals surface area contributed by atoms with E-state index in [9.17, 15) is 4.79 Å². The van der Waals surface area contributed by atoms with Gasteiger partial charge in [-0.1, -0.05) is 35.0 Å². The highest BCUT2D eigenvalue weighted by molar-refractivity contribution is 6.31. The molecule has 0 saturated carbocycles. The fourth-order valence-corrected chi connectivity index (χ4v) is 2.95. The zero-order valence-corrected chi connectivity index (χ0v) is 12.5. The van der Waals surface area contributed by atoms with Crippen molar-refractivity contribution in [2.75, 3.05) is 26.3 Å². The predicted molar refractivity (Wildman–Crippen MR) is 79.3 cm³/mol. The number of carbonyl (C=O) groups excluding carboxylic acids is 1. The number of amides is 1. The zero-order valence-electron chi connectivity index (χ0n) is 11.8. The van der Waals surface area contributed by atoms with Gasteiger partial charge in [0.2, 0.25) is 5.91 Å². The second-order valence-electron chi connectivity index (χ2n) is 5.20. The number of rotatable bonds is 2. The van der Waals surface area contributed by atoms with E-state index in [1.807, 2.05) is 30.0 Å². The molecule has 21 heavy (non-hydrogen) atoms. The Morgan fingerprint density at radius 2 is 2.05 bits per heavy atom. The van der Waals surface area contributed by atoms with Gasteiger partial charge in [-0.2, -0.15) is 0 Å². The highest BCUT2D eigenvalue weighted by atomic mass is 35.5. The summed E-state index contributed by atoms with van der Waals surface area (Å²) in [6.45, 7) is 4.19. The number of morpholine rings is 1. The van der Waals surface area contributed by atoms with Gasteiger partial charge in [-0.05, 0) is 13.0 Å². The quantitative estimate of drug-likeness (QED) is 0.842. The first-order valence-corrected chi connectivity index (χ1v) is 7.37. The normalized spacial score (nSPS) is 25.4. The van der Waals surface area contributed by atoms with E-state index in [2.05, 4.69) is 5.16 Å². The van der Waals surface area contributed by atoms with Gasteiger partial charge in [0.05, 0.1) is 18.9 Å². The molecule has 0 spiro atoms. The lowest BCUT2D eigenvalue weighted by atomic mass is 9.91. The van der Waals surface area contributed by atoms with Crippen LogP contribution in [0, 0.1) is 5.92 Å². The minimum Gasteiger partial charge on any atom is -0.386 e. The van der Waals surface area contributed by atoms with E-state index in [1.165, 1.54) is 0 Å². The summed E-state index contributed by atoms with van der Waals surface area (Å²) in [5, 5.41) is 4.60. The Balaban J connectivity index is 1.85. The van der Waals surface area contributed by atoms with Crippen LogP contribution in [0.3, 0.4) is 0 Å². The molecule has 2 aliphatic rings. The summed E-state index contributed by atoms with van der Waals surface area (Å²) in [7, 11) is 0. The molecule has 2 heterocycles. The van der Waals surface area contributed by atoms with Crippen molar-refractivity contribution in [3.8, 4) is 0 Å². The molecule has 0 N–H and O–H groups in total. The molecule has 112 valence electrons. The van der Waals surface area contributed by atoms with Crippen LogP contribution in [0.2, 0.25) is 5.02 Å². The Bertz CT molecular complexity index is 570. The number of ether oxygens (including phenoxy) is 1. The summed E-state index contributed by atoms with van der Waals surface area (Å²) < 4.78 is 5.29. The molecule has 1 amide bonds. The van der Waals surface area contributed by atoms with Crippen molar-refractivity contribution < 1.29 is 14.4 Å². The number of nitrogens with zero attached hydrogens (tertiary/aromatic N) is 2. The van der Waals surface area contributed by atoms with Crippen molar-refractivity contribution in [3.63, 3.8) is 0 Å². The third kappa shape index (κ3) is 2.76. The van der Waals surface area contributed by atoms with E-state index in [-0.39, 0.29) is 5.91 Å². The molecule has 1 aromatic carbocycles. The lowest BCUT2D eigenvalue weighted by molar-refractivity contribution is -0.140. The molecular weight excluding hydrogens is 292 g/mol. The van der Waals surface area contributed by atoms with E-state index >= 15 is 0 Å². The third-order valence-corrected chi connectivity index (χ3v) is 4.21. The molecule has 0 unspecified atom stereocenters. The third-order valence-electron chi connectivity index (χ3n) is 3.86. The number of halogens is 1. The summed E-state index contributed by atoms with van der Waals surface area (Å²) in [5.74, 6) is -0.384. The number of oxime groups is 1. The van der Waals surface area contributed by atoms with Crippen molar-refractivity contribution in [2.45, 2.75) is 13.0 Å². The van der Waals surface area contributed by atoms with Gasteiger partial charge in [-0.25, -0.2) is 0 Å². The Hall–Kier alpha value is -1.59. The summed E-state index contributed by atoms with van der Waals surface area (Å²) in [6, 6.07) is 7.41. The Kier molecular flexibility index (Phi) is 4.12. The molecule has 5 nitrogen and oxygen atoms in total. The lowest BCUT2D eigenvalue weighted by Gasteiger charge is -2.30. The Morgan fingerprint density at radius 1 is 1.33 bits per heavy atom. The van der Waals surface area contributed by atoms with Gasteiger partial charge < -0.3 is 14.5 Å². The second kappa shape index (κ2) is 6.03. The van der Waals surface area contributed by atoms with E-state index in [1.54, 1.807) is 6.07 Å². The van der Waals surface area contributed by atoms with Crippen LogP contribution in [-0.4, -0.2) is 42.8 Å². The lowest BCUT2D eigenvalue weighted by Crippen LogP contribution is -2.46. The molecule has 0 bridgehead atoms. The summed E-state index contributed by atoms with van der Waals surface area (Å²) in [5.41, 5.74) is 1.49. The van der Waals surface area contributed by atoms with Crippen LogP contribution in [0.25, 0.3) is 0 Å². The molecule has 1 aromatic rings. The number of hydrogen-bond donors (Lipinski definition) is 0. The summed E-state index contributed by atoms with van der Waals surface area (Å²) >= 11 is 6.23. The molecule has 3 rings (SSSR count). The summed E-state index contributed by atoms with van der Waals surface area (Å²) in [4.78, 5) is 20.1. The van der Waals surface area contributed by atoms with Crippen LogP contribution in [0.15, 0.2) is 29.4 Å². The van der Waals surface area contributed by atoms with Gasteiger partial charge in [0.25, 0.3) is 0 Å². The van der Waals surface area contributed by atoms with Gasteiger partial charge in [-0.15, -0.1) is 0 Å². The van der Waals surface area contributed by atoms with Crippen LogP contribution in [-0.2, 0) is 14.4 Å². The van der Waals surface area contributed by atoms with Crippen LogP contribution >= 0.6 is 11.6 Å². The second-order valence-corrected chi connectivity index (χ2v) is 5.60. The van der Waals surface area contributed by atoms with Gasteiger partial charge in [-0.3, -0.25) is 4.79 Å². The molecule has 0 aromatic heterocycles. The number of benzene rings is 1. The standard InChI is InChI=1S/C15H17ClN2O3/c1-10-13(15(19)18-6-8-20-9-7-18)14(21-17-10)11-4-2-3-5-12(11)16/h2-5,13-14H,6-9H2,1H3/t13-,14-/m1/s1. The first kappa shape index (κ1) is 14.4. The van der Waals surface area contributed by atoms with Gasteiger partial charge in [0.15, 0.2) is 6.10 Å². The maximum Gasteiger partial charge on any atom is 0.235 e. The van der Waals surface area contributed by atoms with E-state index in [0.29, 0.717) is 37.0 Å². The molecular formula is C15H17ClN2O3. The van der Waals surface area contributed by atoms with Crippen molar-refractivity contribution in [3.05, 3.63) is 34.9 Å². The minimum absolute atomic E-state index is 0.0296. The highest BCUT2D eigenvalue weighted by Gasteiger charge is 2.41. The minimum atomic E-state index is -0.450. The molecule has 0 aliphatic carbocycles. The van der Waals surface area contributed by atoms with E-state index in [0.717, 1.165) is 5.56 Å². The molecule has 6 heteroatoms. The molecule has 2 atom stereocenters. The Labute approximate surface area is 128 Å². The fourth-order valence-electron chi connectivity index (χ4n) is 2.71. The molecule has 0 radical (unpaired) electrons. The zero-order chi connectivity index (χ0) is 14.8. The SMILES string of the molecule is CC1=NO[C@H](c2ccccc2Cl)[C@@H]1C(=O)N1CCOCC1. The van der Waals surface area contributed by atoms with Crippen molar-refractivity contribution >= 4 is 23.2 Å². The maximum absolute atomic E-state index is 12.8. The van der Waals surface area contributed by atoms with E-state index in [4.69, 9.17) is 21.2 Å².